The molecule has 3 fully saturated rings. The first-order valence-corrected chi connectivity index (χ1v) is 17.1. The fourth-order valence-electron chi connectivity index (χ4n) is 9.86. The molecule has 0 heterocycles. The molecule has 0 aliphatic heterocycles. The van der Waals surface area contributed by atoms with Gasteiger partial charge in [-0.25, -0.2) is 4.79 Å². The van der Waals surface area contributed by atoms with Gasteiger partial charge in [0.25, 0.3) is 0 Å². The van der Waals surface area contributed by atoms with Gasteiger partial charge in [0.1, 0.15) is 6.10 Å². The van der Waals surface area contributed by atoms with E-state index in [2.05, 4.69) is 58.6 Å². The van der Waals surface area contributed by atoms with E-state index in [9.17, 15) is 9.59 Å². The van der Waals surface area contributed by atoms with Crippen LogP contribution in [-0.4, -0.2) is 23.7 Å². The molecule has 0 bridgehead atoms. The van der Waals surface area contributed by atoms with E-state index in [0.29, 0.717) is 16.7 Å². The average molecular weight is 580 g/mol. The van der Waals surface area contributed by atoms with Crippen LogP contribution in [0.1, 0.15) is 116 Å². The van der Waals surface area contributed by atoms with Crippen molar-refractivity contribution in [1.29, 1.82) is 0 Å². The van der Waals surface area contributed by atoms with Gasteiger partial charge >= 0.3 is 5.97 Å². The van der Waals surface area contributed by atoms with Gasteiger partial charge in [-0.05, 0) is 116 Å². The highest BCUT2D eigenvalue weighted by atomic mass is 32.1. The van der Waals surface area contributed by atoms with Crippen LogP contribution in [0.5, 0.6) is 0 Å². The number of thiol groups is 1. The molecule has 0 aromatic heterocycles. The third-order valence-corrected chi connectivity index (χ3v) is 12.4. The first-order chi connectivity index (χ1) is 19.5. The fraction of sp³-hybridized carbons (Fsp3) is 0.722. The fourth-order valence-corrected chi connectivity index (χ4v) is 9.94. The van der Waals surface area contributed by atoms with E-state index in [-0.39, 0.29) is 29.1 Å². The van der Waals surface area contributed by atoms with Crippen molar-refractivity contribution in [3.8, 4) is 0 Å². The van der Waals surface area contributed by atoms with Crippen molar-refractivity contribution in [3.63, 3.8) is 0 Å². The van der Waals surface area contributed by atoms with E-state index in [0.717, 1.165) is 54.8 Å². The summed E-state index contributed by atoms with van der Waals surface area (Å²) in [6.45, 7) is 12.5. The van der Waals surface area contributed by atoms with Gasteiger partial charge in [0.2, 0.25) is 5.91 Å². The van der Waals surface area contributed by atoms with Crippen molar-refractivity contribution in [2.75, 3.05) is 11.1 Å². The highest BCUT2D eigenvalue weighted by Gasteiger charge is 2.59. The van der Waals surface area contributed by atoms with E-state index in [1.807, 2.05) is 0 Å². The molecule has 0 radical (unpaired) electrons. The van der Waals surface area contributed by atoms with Crippen molar-refractivity contribution >= 4 is 30.2 Å². The number of nitrogens with one attached hydrogen (secondary N) is 1. The summed E-state index contributed by atoms with van der Waals surface area (Å²) in [5.41, 5.74) is 3.50. The third-order valence-electron chi connectivity index (χ3n) is 12.1. The first kappa shape index (κ1) is 30.7. The molecule has 41 heavy (non-hydrogen) atoms. The summed E-state index contributed by atoms with van der Waals surface area (Å²) in [6.07, 6.45) is 16.4. The lowest BCUT2D eigenvalue weighted by Gasteiger charge is -2.58. The summed E-state index contributed by atoms with van der Waals surface area (Å²) in [4.78, 5) is 24.5. The van der Waals surface area contributed by atoms with Crippen LogP contribution in [0.2, 0.25) is 0 Å². The standard InChI is InChI=1S/C36H53NO3S/c1-23(2)7-6-8-24(3)30-15-16-31-29-14-11-26-21-28(17-19-35(26,4)32(29)18-20-36(30,31)5)40-34(39)25-9-12-27(13-10-25)37-33(38)22-41/h9-13,23-24,28-32,41H,6-8,14-22H2,1-5H3,(H,37,38)/t24-,28-,29-,30+,31-,32-,35-,36+/m0/s1. The largest absolute Gasteiger partial charge is 0.458 e. The summed E-state index contributed by atoms with van der Waals surface area (Å²) in [5, 5.41) is 2.76. The Balaban J connectivity index is 1.21. The van der Waals surface area contributed by atoms with Gasteiger partial charge in [-0.15, -0.1) is 0 Å². The maximum Gasteiger partial charge on any atom is 0.338 e. The van der Waals surface area contributed by atoms with E-state index in [1.54, 1.807) is 29.8 Å². The second-order valence-electron chi connectivity index (χ2n) is 14.8. The molecule has 0 saturated heterocycles. The lowest BCUT2D eigenvalue weighted by atomic mass is 9.47. The SMILES string of the molecule is CC(C)CCC[C@H](C)[C@H]1CC[C@H]2[C@@H]3CC=C4C[C@@H](OC(=O)c5ccc(NC(=O)CS)cc5)CC[C@]4(C)[C@H]3CC[C@]12C. The van der Waals surface area contributed by atoms with Gasteiger partial charge in [-0.2, -0.15) is 12.6 Å². The Morgan fingerprint density at radius 2 is 1.76 bits per heavy atom. The first-order valence-electron chi connectivity index (χ1n) is 16.5. The number of ether oxygens (including phenoxy) is 1. The van der Waals surface area contributed by atoms with Gasteiger partial charge in [-0.3, -0.25) is 4.79 Å². The van der Waals surface area contributed by atoms with Crippen LogP contribution >= 0.6 is 12.6 Å². The maximum absolute atomic E-state index is 13.0. The molecule has 1 aromatic carbocycles. The summed E-state index contributed by atoms with van der Waals surface area (Å²) in [6, 6.07) is 6.95. The van der Waals surface area contributed by atoms with Crippen molar-refractivity contribution in [2.24, 2.45) is 46.3 Å². The smallest absolute Gasteiger partial charge is 0.338 e. The number of esters is 1. The Morgan fingerprint density at radius 3 is 2.46 bits per heavy atom. The van der Waals surface area contributed by atoms with E-state index in [4.69, 9.17) is 4.74 Å². The number of allylic oxidation sites excluding steroid dienone is 1. The number of hydrogen-bond acceptors (Lipinski definition) is 4. The van der Waals surface area contributed by atoms with Crippen molar-refractivity contribution in [2.45, 2.75) is 111 Å². The quantitative estimate of drug-likeness (QED) is 0.174. The zero-order valence-electron chi connectivity index (χ0n) is 26.1. The van der Waals surface area contributed by atoms with Gasteiger partial charge < -0.3 is 10.1 Å². The van der Waals surface area contributed by atoms with E-state index >= 15 is 0 Å². The van der Waals surface area contributed by atoms with Crippen molar-refractivity contribution in [1.82, 2.24) is 0 Å². The summed E-state index contributed by atoms with van der Waals surface area (Å²) in [5.74, 6) is 4.69. The van der Waals surface area contributed by atoms with Crippen LogP contribution in [-0.2, 0) is 9.53 Å². The molecule has 4 aliphatic rings. The Morgan fingerprint density at radius 1 is 1.00 bits per heavy atom. The molecule has 4 aliphatic carbocycles. The number of hydrogen-bond donors (Lipinski definition) is 2. The van der Waals surface area contributed by atoms with Gasteiger partial charge in [0, 0.05) is 12.1 Å². The molecule has 0 unspecified atom stereocenters. The monoisotopic (exact) mass is 579 g/mol. The maximum atomic E-state index is 13.0. The molecule has 1 aromatic rings. The van der Waals surface area contributed by atoms with Crippen LogP contribution in [0.25, 0.3) is 0 Å². The molecule has 226 valence electrons. The summed E-state index contributed by atoms with van der Waals surface area (Å²) >= 11 is 3.99. The molecule has 8 atom stereocenters. The van der Waals surface area contributed by atoms with Gasteiger partial charge in [0.15, 0.2) is 0 Å². The van der Waals surface area contributed by atoms with E-state index < -0.39 is 0 Å². The van der Waals surface area contributed by atoms with Gasteiger partial charge in [0.05, 0.1) is 11.3 Å². The number of anilines is 1. The molecule has 5 heteroatoms. The molecule has 5 rings (SSSR count). The Hall–Kier alpha value is -1.75. The summed E-state index contributed by atoms with van der Waals surface area (Å²) in [7, 11) is 0. The molecular formula is C36H53NO3S. The second kappa shape index (κ2) is 12.5. The number of benzene rings is 1. The Kier molecular flexibility index (Phi) is 9.33. The highest BCUT2D eigenvalue weighted by Crippen LogP contribution is 2.67. The lowest BCUT2D eigenvalue weighted by Crippen LogP contribution is -2.51. The number of rotatable bonds is 9. The van der Waals surface area contributed by atoms with E-state index in [1.165, 1.54) is 51.4 Å². The molecular weight excluding hydrogens is 526 g/mol. The third kappa shape index (κ3) is 6.17. The van der Waals surface area contributed by atoms with Gasteiger partial charge in [-0.1, -0.05) is 65.5 Å². The lowest BCUT2D eigenvalue weighted by molar-refractivity contribution is -0.113. The van der Waals surface area contributed by atoms with Crippen LogP contribution < -0.4 is 5.32 Å². The molecule has 3 saturated carbocycles. The summed E-state index contributed by atoms with van der Waals surface area (Å²) < 4.78 is 6.04. The predicted molar refractivity (Wildman–Crippen MR) is 171 cm³/mol. The number of carbonyl (C=O) groups is 2. The van der Waals surface area contributed by atoms with Crippen LogP contribution in [0, 0.1) is 46.3 Å². The highest BCUT2D eigenvalue weighted by molar-refractivity contribution is 7.81. The minimum Gasteiger partial charge on any atom is -0.458 e. The normalized spacial score (nSPS) is 35.1. The zero-order chi connectivity index (χ0) is 29.4. The Bertz CT molecular complexity index is 1130. The van der Waals surface area contributed by atoms with Crippen LogP contribution in [0.3, 0.4) is 0 Å². The van der Waals surface area contributed by atoms with Crippen LogP contribution in [0.4, 0.5) is 5.69 Å². The second-order valence-corrected chi connectivity index (χ2v) is 15.2. The minimum atomic E-state index is -0.270. The predicted octanol–water partition coefficient (Wildman–Crippen LogP) is 9.12. The topological polar surface area (TPSA) is 55.4 Å². The van der Waals surface area contributed by atoms with Crippen molar-refractivity contribution < 1.29 is 14.3 Å². The molecule has 4 nitrogen and oxygen atoms in total. The zero-order valence-corrected chi connectivity index (χ0v) is 27.0. The molecule has 0 spiro atoms. The van der Waals surface area contributed by atoms with Crippen LogP contribution in [0.15, 0.2) is 35.9 Å². The Labute approximate surface area is 254 Å². The number of carbonyl (C=O) groups excluding carboxylic acids is 2. The number of fused-ring (bicyclic) bond motifs is 5. The minimum absolute atomic E-state index is 0.0571. The molecule has 1 N–H and O–H groups in total. The number of amides is 1. The molecule has 1 amide bonds. The van der Waals surface area contributed by atoms with Crippen molar-refractivity contribution in [3.05, 3.63) is 41.5 Å². The average Bonchev–Trinajstić information content (AvgIpc) is 3.30.